The molecule has 18 heavy (non-hydrogen) atoms. The van der Waals surface area contributed by atoms with Gasteiger partial charge in [0.15, 0.2) is 5.76 Å². The zero-order valence-corrected chi connectivity index (χ0v) is 10.6. The van der Waals surface area contributed by atoms with Crippen LogP contribution in [0.25, 0.3) is 12.2 Å². The largest absolute Gasteiger partial charge is 0.502 e. The summed E-state index contributed by atoms with van der Waals surface area (Å²) in [6.45, 7) is 0. The number of benzene rings is 1. The first-order valence-corrected chi connectivity index (χ1v) is 5.81. The third kappa shape index (κ3) is 2.68. The molecule has 0 atom stereocenters. The average Bonchev–Trinajstić information content (AvgIpc) is 2.35. The van der Waals surface area contributed by atoms with Gasteiger partial charge in [0.05, 0.1) is 6.26 Å². The van der Waals surface area contributed by atoms with Crippen molar-refractivity contribution in [2.45, 2.75) is 0 Å². The van der Waals surface area contributed by atoms with E-state index >= 15 is 0 Å². The molecule has 0 aliphatic rings. The van der Waals surface area contributed by atoms with Gasteiger partial charge in [0.25, 0.3) is 0 Å². The molecular formula is C13H8BrFO3. The van der Waals surface area contributed by atoms with Crippen LogP contribution in [0.15, 0.2) is 44.2 Å². The Morgan fingerprint density at radius 1 is 1.28 bits per heavy atom. The molecule has 2 aromatic rings. The maximum Gasteiger partial charge on any atom is 0.227 e. The van der Waals surface area contributed by atoms with Gasteiger partial charge in [-0.1, -0.05) is 15.9 Å². The van der Waals surface area contributed by atoms with Crippen molar-refractivity contribution >= 4 is 28.1 Å². The lowest BCUT2D eigenvalue weighted by atomic mass is 10.2. The Bertz CT molecular complexity index is 662. The predicted molar refractivity (Wildman–Crippen MR) is 69.7 cm³/mol. The summed E-state index contributed by atoms with van der Waals surface area (Å²) in [4.78, 5) is 11.2. The molecule has 92 valence electrons. The summed E-state index contributed by atoms with van der Waals surface area (Å²) >= 11 is 3.26. The van der Waals surface area contributed by atoms with E-state index in [4.69, 9.17) is 4.42 Å². The summed E-state index contributed by atoms with van der Waals surface area (Å²) in [6.07, 6.45) is 4.11. The van der Waals surface area contributed by atoms with Gasteiger partial charge in [-0.25, -0.2) is 4.39 Å². The van der Waals surface area contributed by atoms with E-state index in [0.717, 1.165) is 6.07 Å². The number of hydrogen-bond acceptors (Lipinski definition) is 3. The minimum atomic E-state index is -0.529. The fourth-order valence-corrected chi connectivity index (χ4v) is 1.73. The summed E-state index contributed by atoms with van der Waals surface area (Å²) < 4.78 is 18.7. The quantitative estimate of drug-likeness (QED) is 0.924. The molecule has 1 aromatic heterocycles. The molecule has 0 aliphatic carbocycles. The van der Waals surface area contributed by atoms with E-state index in [1.165, 1.54) is 30.5 Å². The zero-order valence-electron chi connectivity index (χ0n) is 9.06. The standard InChI is InChI=1S/C13H8BrFO3/c14-10-3-2-9(15)7-8(10)1-4-12-13(17)11(16)5-6-18-12/h1-7,17H/b4-1+. The highest BCUT2D eigenvalue weighted by molar-refractivity contribution is 9.10. The Morgan fingerprint density at radius 3 is 2.83 bits per heavy atom. The van der Waals surface area contributed by atoms with Crippen LogP contribution in [0.5, 0.6) is 5.75 Å². The lowest BCUT2D eigenvalue weighted by molar-refractivity contribution is 0.424. The van der Waals surface area contributed by atoms with Crippen LogP contribution in [0.2, 0.25) is 0 Å². The van der Waals surface area contributed by atoms with Crippen LogP contribution in [-0.4, -0.2) is 5.11 Å². The van der Waals surface area contributed by atoms with Crippen LogP contribution in [0, 0.1) is 5.82 Å². The highest BCUT2D eigenvalue weighted by atomic mass is 79.9. The Morgan fingerprint density at radius 2 is 2.06 bits per heavy atom. The van der Waals surface area contributed by atoms with Gasteiger partial charge in [-0.3, -0.25) is 4.79 Å². The van der Waals surface area contributed by atoms with Crippen molar-refractivity contribution in [3.63, 3.8) is 0 Å². The molecule has 2 rings (SSSR count). The van der Waals surface area contributed by atoms with Crippen LogP contribution >= 0.6 is 15.9 Å². The Kier molecular flexibility index (Phi) is 3.62. The molecule has 1 aromatic carbocycles. The first-order chi connectivity index (χ1) is 8.58. The van der Waals surface area contributed by atoms with Crippen LogP contribution < -0.4 is 5.43 Å². The molecule has 1 heterocycles. The van der Waals surface area contributed by atoms with E-state index < -0.39 is 11.2 Å². The van der Waals surface area contributed by atoms with Crippen molar-refractivity contribution in [3.05, 3.63) is 62.4 Å². The van der Waals surface area contributed by atoms with Gasteiger partial charge in [0.1, 0.15) is 5.82 Å². The fraction of sp³-hybridized carbons (Fsp3) is 0. The van der Waals surface area contributed by atoms with Crippen molar-refractivity contribution in [2.75, 3.05) is 0 Å². The van der Waals surface area contributed by atoms with Gasteiger partial charge in [-0.05, 0) is 35.9 Å². The Hall–Kier alpha value is -1.88. The van der Waals surface area contributed by atoms with Gasteiger partial charge < -0.3 is 9.52 Å². The Labute approximate surface area is 110 Å². The predicted octanol–water partition coefficient (Wildman–Crippen LogP) is 3.42. The third-order valence-electron chi connectivity index (χ3n) is 2.25. The molecule has 0 fully saturated rings. The summed E-state index contributed by atoms with van der Waals surface area (Å²) in [7, 11) is 0. The lowest BCUT2D eigenvalue weighted by Crippen LogP contribution is -1.97. The van der Waals surface area contributed by atoms with Crippen molar-refractivity contribution in [1.82, 2.24) is 0 Å². The minimum absolute atomic E-state index is 0.0265. The van der Waals surface area contributed by atoms with Crippen molar-refractivity contribution < 1.29 is 13.9 Å². The van der Waals surface area contributed by atoms with Gasteiger partial charge >= 0.3 is 0 Å². The monoisotopic (exact) mass is 310 g/mol. The first-order valence-electron chi connectivity index (χ1n) is 5.02. The molecule has 0 amide bonds. The molecule has 3 nitrogen and oxygen atoms in total. The summed E-state index contributed by atoms with van der Waals surface area (Å²) in [5, 5.41) is 9.46. The second kappa shape index (κ2) is 5.18. The van der Waals surface area contributed by atoms with Gasteiger partial charge in [-0.15, -0.1) is 0 Å². The first kappa shape index (κ1) is 12.6. The fourth-order valence-electron chi connectivity index (χ4n) is 1.35. The van der Waals surface area contributed by atoms with E-state index in [0.29, 0.717) is 10.0 Å². The van der Waals surface area contributed by atoms with Gasteiger partial charge in [0.2, 0.25) is 11.2 Å². The second-order valence-electron chi connectivity index (χ2n) is 3.50. The lowest BCUT2D eigenvalue weighted by Gasteiger charge is -1.99. The van der Waals surface area contributed by atoms with Crippen molar-refractivity contribution in [3.8, 4) is 5.75 Å². The molecular weight excluding hydrogens is 303 g/mol. The molecule has 5 heteroatoms. The molecule has 0 spiro atoms. The van der Waals surface area contributed by atoms with Gasteiger partial charge in [0, 0.05) is 10.5 Å². The molecule has 0 saturated heterocycles. The van der Waals surface area contributed by atoms with Crippen LogP contribution in [-0.2, 0) is 0 Å². The van der Waals surface area contributed by atoms with Gasteiger partial charge in [-0.2, -0.15) is 0 Å². The summed E-state index contributed by atoms with van der Waals surface area (Å²) in [6, 6.07) is 5.32. The smallest absolute Gasteiger partial charge is 0.227 e. The SMILES string of the molecule is O=c1ccoc(/C=C/c2cc(F)ccc2Br)c1O. The number of hydrogen-bond donors (Lipinski definition) is 1. The van der Waals surface area contributed by atoms with Crippen molar-refractivity contribution in [1.29, 1.82) is 0 Å². The number of halogens is 2. The minimum Gasteiger partial charge on any atom is -0.502 e. The third-order valence-corrected chi connectivity index (χ3v) is 2.98. The number of aromatic hydroxyl groups is 1. The van der Waals surface area contributed by atoms with E-state index in [2.05, 4.69) is 15.9 Å². The van der Waals surface area contributed by atoms with Crippen LogP contribution in [0.1, 0.15) is 11.3 Å². The Balaban J connectivity index is 2.39. The highest BCUT2D eigenvalue weighted by Crippen LogP contribution is 2.21. The molecule has 0 saturated carbocycles. The molecule has 0 bridgehead atoms. The van der Waals surface area contributed by atoms with E-state index in [9.17, 15) is 14.3 Å². The number of rotatable bonds is 2. The highest BCUT2D eigenvalue weighted by Gasteiger charge is 2.04. The molecule has 0 unspecified atom stereocenters. The molecule has 0 radical (unpaired) electrons. The maximum absolute atomic E-state index is 13.0. The van der Waals surface area contributed by atoms with E-state index in [-0.39, 0.29) is 11.6 Å². The molecule has 1 N–H and O–H groups in total. The maximum atomic E-state index is 13.0. The van der Waals surface area contributed by atoms with E-state index in [1.807, 2.05) is 0 Å². The van der Waals surface area contributed by atoms with Crippen LogP contribution in [0.4, 0.5) is 4.39 Å². The van der Waals surface area contributed by atoms with Crippen LogP contribution in [0.3, 0.4) is 0 Å². The average molecular weight is 311 g/mol. The summed E-state index contributed by atoms with van der Waals surface area (Å²) in [5.74, 6) is -0.823. The molecule has 0 aliphatic heterocycles. The topological polar surface area (TPSA) is 50.4 Å². The van der Waals surface area contributed by atoms with Crippen molar-refractivity contribution in [2.24, 2.45) is 0 Å². The zero-order chi connectivity index (χ0) is 13.1. The van der Waals surface area contributed by atoms with E-state index in [1.54, 1.807) is 6.07 Å². The normalized spacial score (nSPS) is 11.0. The summed E-state index contributed by atoms with van der Waals surface area (Å²) in [5.41, 5.74) is 0.0418. The second-order valence-corrected chi connectivity index (χ2v) is 4.35.